The van der Waals surface area contributed by atoms with Gasteiger partial charge in [0.15, 0.2) is 0 Å². The number of amides is 2. The van der Waals surface area contributed by atoms with Crippen molar-refractivity contribution in [2.45, 2.75) is 18.1 Å². The Morgan fingerprint density at radius 2 is 1.57 bits per heavy atom. The summed E-state index contributed by atoms with van der Waals surface area (Å²) in [6.45, 7) is 0.389. The van der Waals surface area contributed by atoms with E-state index < -0.39 is 11.2 Å². The van der Waals surface area contributed by atoms with Gasteiger partial charge in [0, 0.05) is 21.2 Å². The number of halogens is 2. The number of rotatable bonds is 7. The molecule has 0 saturated carbocycles. The summed E-state index contributed by atoms with van der Waals surface area (Å²) in [7, 11) is 0. The van der Waals surface area contributed by atoms with E-state index in [0.29, 0.717) is 30.1 Å². The first-order valence-corrected chi connectivity index (χ1v) is 13.4. The van der Waals surface area contributed by atoms with Crippen molar-refractivity contribution in [3.05, 3.63) is 110 Å². The first-order valence-electron chi connectivity index (χ1n) is 10.9. The highest BCUT2D eigenvalue weighted by Gasteiger charge is 2.40. The van der Waals surface area contributed by atoms with Crippen molar-refractivity contribution in [3.63, 3.8) is 0 Å². The topological polar surface area (TPSA) is 73.2 Å². The van der Waals surface area contributed by atoms with Gasteiger partial charge in [-0.05, 0) is 60.4 Å². The van der Waals surface area contributed by atoms with E-state index in [-0.39, 0.29) is 11.5 Å². The predicted octanol–water partition coefficient (Wildman–Crippen LogP) is 6.00. The fourth-order valence-electron chi connectivity index (χ4n) is 3.70. The summed E-state index contributed by atoms with van der Waals surface area (Å²) in [4.78, 5) is 28.1. The monoisotopic (exact) mass is 609 g/mol. The highest BCUT2D eigenvalue weighted by molar-refractivity contribution is 9.10. The van der Waals surface area contributed by atoms with Crippen LogP contribution in [0.3, 0.4) is 0 Å². The number of hydrogen-bond donors (Lipinski definition) is 1. The summed E-state index contributed by atoms with van der Waals surface area (Å²) < 4.78 is 1.83. The van der Waals surface area contributed by atoms with Crippen molar-refractivity contribution in [1.82, 2.24) is 5.32 Å². The minimum atomic E-state index is -0.481. The molecule has 2 amide bonds. The molecule has 35 heavy (non-hydrogen) atoms. The van der Waals surface area contributed by atoms with Gasteiger partial charge in [-0.2, -0.15) is 5.26 Å². The molecule has 5 nitrogen and oxygen atoms in total. The van der Waals surface area contributed by atoms with Crippen LogP contribution in [0.4, 0.5) is 5.69 Å². The van der Waals surface area contributed by atoms with Crippen molar-refractivity contribution in [3.8, 4) is 6.07 Å². The van der Waals surface area contributed by atoms with Gasteiger partial charge >= 0.3 is 0 Å². The molecule has 1 unspecified atom stereocenters. The maximum atomic E-state index is 13.5. The molecule has 1 aliphatic heterocycles. The van der Waals surface area contributed by atoms with Gasteiger partial charge in [-0.25, -0.2) is 0 Å². The highest BCUT2D eigenvalue weighted by atomic mass is 79.9. The van der Waals surface area contributed by atoms with Gasteiger partial charge in [0.25, 0.3) is 5.91 Å². The number of hydrogen-bond acceptors (Lipinski definition) is 4. The Hall–Kier alpha value is -2.86. The van der Waals surface area contributed by atoms with E-state index in [1.165, 1.54) is 16.7 Å². The molecule has 1 N–H and O–H groups in total. The number of carbonyl (C=O) groups is 2. The van der Waals surface area contributed by atoms with E-state index in [1.807, 2.05) is 66.7 Å². The zero-order valence-corrected chi connectivity index (χ0v) is 22.6. The zero-order valence-electron chi connectivity index (χ0n) is 18.6. The van der Waals surface area contributed by atoms with Crippen LogP contribution in [0.25, 0.3) is 0 Å². The number of thioether (sulfide) groups is 1. The first kappa shape index (κ1) is 25.2. The number of anilines is 1. The molecule has 8 heteroatoms. The molecule has 1 saturated heterocycles. The van der Waals surface area contributed by atoms with E-state index in [4.69, 9.17) is 0 Å². The number of carbonyl (C=O) groups excluding carboxylic acids is 2. The molecule has 1 heterocycles. The molecular formula is C27H21Br2N3O2S. The molecule has 3 aromatic rings. The molecule has 0 spiro atoms. The van der Waals surface area contributed by atoms with Gasteiger partial charge in [-0.1, -0.05) is 86.1 Å². The second-order valence-corrected chi connectivity index (χ2v) is 10.9. The van der Waals surface area contributed by atoms with E-state index >= 15 is 0 Å². The molecule has 0 aromatic heterocycles. The van der Waals surface area contributed by atoms with Crippen LogP contribution < -0.4 is 10.2 Å². The third-order valence-corrected chi connectivity index (χ3v) is 7.79. The normalized spacial score (nSPS) is 16.7. The van der Waals surface area contributed by atoms with Crippen LogP contribution >= 0.6 is 43.6 Å². The predicted molar refractivity (Wildman–Crippen MR) is 147 cm³/mol. The Morgan fingerprint density at radius 1 is 0.943 bits per heavy atom. The molecule has 0 bridgehead atoms. The van der Waals surface area contributed by atoms with Crippen molar-refractivity contribution >= 4 is 61.1 Å². The van der Waals surface area contributed by atoms with Crippen molar-refractivity contribution in [2.24, 2.45) is 0 Å². The molecule has 0 radical (unpaired) electrons. The SMILES string of the molecule is N#C/C(C(=O)NCCc1ccccc1)=C1/SC(Cc2ccc(Br)cc2)C(=O)N1c1ccc(Br)cc1. The fraction of sp³-hybridized carbons (Fsp3) is 0.148. The third kappa shape index (κ3) is 6.23. The summed E-state index contributed by atoms with van der Waals surface area (Å²) in [5.74, 6) is -0.634. The highest BCUT2D eigenvalue weighted by Crippen LogP contribution is 2.42. The Balaban J connectivity index is 1.61. The second-order valence-electron chi connectivity index (χ2n) is 7.87. The number of nitrogens with zero attached hydrogens (tertiary/aromatic N) is 2. The van der Waals surface area contributed by atoms with Crippen LogP contribution in [-0.2, 0) is 22.4 Å². The first-order chi connectivity index (χ1) is 17.0. The Morgan fingerprint density at radius 3 is 2.20 bits per heavy atom. The van der Waals surface area contributed by atoms with Gasteiger partial charge < -0.3 is 5.32 Å². The van der Waals surface area contributed by atoms with E-state index in [2.05, 4.69) is 43.2 Å². The largest absolute Gasteiger partial charge is 0.351 e. The molecular weight excluding hydrogens is 590 g/mol. The summed E-state index contributed by atoms with van der Waals surface area (Å²) >= 11 is 8.12. The lowest BCUT2D eigenvalue weighted by molar-refractivity contribution is -0.117. The average molecular weight is 611 g/mol. The summed E-state index contributed by atoms with van der Waals surface area (Å²) in [6, 6.07) is 26.9. The van der Waals surface area contributed by atoms with Crippen LogP contribution in [0.15, 0.2) is 98.4 Å². The van der Waals surface area contributed by atoms with Gasteiger partial charge in [0.05, 0.1) is 5.25 Å². The minimum absolute atomic E-state index is 0.0577. The molecule has 176 valence electrons. The van der Waals surface area contributed by atoms with Crippen LogP contribution in [0, 0.1) is 11.3 Å². The molecule has 1 fully saturated rings. The van der Waals surface area contributed by atoms with Gasteiger partial charge in [0.1, 0.15) is 16.7 Å². The lowest BCUT2D eigenvalue weighted by Gasteiger charge is -2.19. The van der Waals surface area contributed by atoms with Crippen LogP contribution in [0.1, 0.15) is 11.1 Å². The Bertz CT molecular complexity index is 1290. The van der Waals surface area contributed by atoms with Crippen LogP contribution in [0.2, 0.25) is 0 Å². The molecule has 1 atom stereocenters. The maximum Gasteiger partial charge on any atom is 0.264 e. The van der Waals surface area contributed by atoms with Gasteiger partial charge in [0.2, 0.25) is 5.91 Å². The maximum absolute atomic E-state index is 13.5. The van der Waals surface area contributed by atoms with Crippen LogP contribution in [-0.4, -0.2) is 23.6 Å². The Kier molecular flexibility index (Phi) is 8.45. The van der Waals surface area contributed by atoms with E-state index in [1.54, 1.807) is 12.1 Å². The summed E-state index contributed by atoms with van der Waals surface area (Å²) in [5.41, 5.74) is 2.65. The number of nitrogens with one attached hydrogen (secondary N) is 1. The quantitative estimate of drug-likeness (QED) is 0.263. The van der Waals surface area contributed by atoms with Crippen LogP contribution in [0.5, 0.6) is 0 Å². The zero-order chi connectivity index (χ0) is 24.8. The van der Waals surface area contributed by atoms with E-state index in [9.17, 15) is 14.9 Å². The second kappa shape index (κ2) is 11.7. The smallest absolute Gasteiger partial charge is 0.264 e. The Labute approximate surface area is 225 Å². The number of benzene rings is 3. The standard InChI is InChI=1S/C27H21Br2N3O2S/c28-20-8-6-19(7-9-20)16-24-26(34)32(22-12-10-21(29)11-13-22)27(35-24)23(17-30)25(33)31-15-14-18-4-2-1-3-5-18/h1-13,24H,14-16H2,(H,31,33)/b27-23-. The van der Waals surface area contributed by atoms with Gasteiger partial charge in [-0.15, -0.1) is 0 Å². The lowest BCUT2D eigenvalue weighted by atomic mass is 10.1. The van der Waals surface area contributed by atoms with Gasteiger partial charge in [-0.3, -0.25) is 14.5 Å². The molecule has 0 aliphatic carbocycles. The lowest BCUT2D eigenvalue weighted by Crippen LogP contribution is -2.32. The summed E-state index contributed by atoms with van der Waals surface area (Å²) in [6.07, 6.45) is 1.14. The third-order valence-electron chi connectivity index (χ3n) is 5.47. The fourth-order valence-corrected chi connectivity index (χ4v) is 5.54. The van der Waals surface area contributed by atoms with Crippen molar-refractivity contribution in [2.75, 3.05) is 11.4 Å². The average Bonchev–Trinajstić information content (AvgIpc) is 3.17. The molecule has 1 aliphatic rings. The summed E-state index contributed by atoms with van der Waals surface area (Å²) in [5, 5.41) is 12.7. The van der Waals surface area contributed by atoms with Crippen molar-refractivity contribution < 1.29 is 9.59 Å². The van der Waals surface area contributed by atoms with Crippen molar-refractivity contribution in [1.29, 1.82) is 5.26 Å². The molecule has 3 aromatic carbocycles. The molecule has 4 rings (SSSR count). The number of nitriles is 1. The minimum Gasteiger partial charge on any atom is -0.351 e. The van der Waals surface area contributed by atoms with E-state index in [0.717, 1.165) is 20.1 Å².